The fourth-order valence-corrected chi connectivity index (χ4v) is 3.02. The summed E-state index contributed by atoms with van der Waals surface area (Å²) in [6.07, 6.45) is 0.922. The zero-order valence-electron chi connectivity index (χ0n) is 11.1. The second-order valence-corrected chi connectivity index (χ2v) is 6.84. The summed E-state index contributed by atoms with van der Waals surface area (Å²) in [6, 6.07) is 0.622. The minimum atomic E-state index is -2.53. The van der Waals surface area contributed by atoms with Gasteiger partial charge in [0.05, 0.1) is 13.0 Å². The molecule has 17 heavy (non-hydrogen) atoms. The van der Waals surface area contributed by atoms with E-state index in [1.165, 1.54) is 0 Å². The van der Waals surface area contributed by atoms with E-state index in [1.807, 2.05) is 0 Å². The van der Waals surface area contributed by atoms with Crippen LogP contribution in [0.3, 0.4) is 0 Å². The third-order valence-electron chi connectivity index (χ3n) is 2.27. The van der Waals surface area contributed by atoms with E-state index in [-0.39, 0.29) is 12.4 Å². The van der Waals surface area contributed by atoms with E-state index >= 15 is 0 Å². The molecule has 0 unspecified atom stereocenters. The Hall–Kier alpha value is -0.693. The van der Waals surface area contributed by atoms with Gasteiger partial charge in [-0.3, -0.25) is 4.79 Å². The van der Waals surface area contributed by atoms with Crippen LogP contribution >= 0.6 is 0 Å². The first-order valence-electron chi connectivity index (χ1n) is 5.45. The molecule has 0 saturated heterocycles. The number of rotatable bonds is 9. The smallest absolute Gasteiger partial charge is 0.465 e. The lowest BCUT2D eigenvalue weighted by atomic mass is 10.2. The van der Waals surface area contributed by atoms with Gasteiger partial charge in [0.2, 0.25) is 0 Å². The predicted octanol–water partition coefficient (Wildman–Crippen LogP) is 1.76. The first-order valence-corrected chi connectivity index (χ1v) is 7.38. The SMILES string of the molecule is C=C(C)CC(=O)OCCC[Si](OC)(OC)OC. The van der Waals surface area contributed by atoms with Gasteiger partial charge in [0.25, 0.3) is 0 Å². The van der Waals surface area contributed by atoms with Crippen molar-refractivity contribution in [1.82, 2.24) is 0 Å². The lowest BCUT2D eigenvalue weighted by Crippen LogP contribution is -2.42. The van der Waals surface area contributed by atoms with Crippen LogP contribution in [-0.4, -0.2) is 42.7 Å². The van der Waals surface area contributed by atoms with Crippen LogP contribution in [0.25, 0.3) is 0 Å². The van der Waals surface area contributed by atoms with E-state index in [9.17, 15) is 4.79 Å². The number of hydrogen-bond donors (Lipinski definition) is 0. The molecule has 0 saturated carbocycles. The van der Waals surface area contributed by atoms with E-state index < -0.39 is 8.80 Å². The number of carbonyl (C=O) groups excluding carboxylic acids is 1. The number of carbonyl (C=O) groups is 1. The molecule has 0 aliphatic rings. The second-order valence-electron chi connectivity index (χ2n) is 3.75. The van der Waals surface area contributed by atoms with Crippen LogP contribution in [0, 0.1) is 0 Å². The Labute approximate surface area is 104 Å². The highest BCUT2D eigenvalue weighted by molar-refractivity contribution is 6.60. The van der Waals surface area contributed by atoms with Crippen molar-refractivity contribution in [3.63, 3.8) is 0 Å². The normalized spacial score (nSPS) is 11.3. The number of ether oxygens (including phenoxy) is 1. The topological polar surface area (TPSA) is 54.0 Å². The van der Waals surface area contributed by atoms with Crippen LogP contribution < -0.4 is 0 Å². The van der Waals surface area contributed by atoms with Crippen LogP contribution in [0.2, 0.25) is 6.04 Å². The van der Waals surface area contributed by atoms with Crippen molar-refractivity contribution in [2.75, 3.05) is 27.9 Å². The molecule has 0 aromatic rings. The highest BCUT2D eigenvalue weighted by atomic mass is 28.4. The van der Waals surface area contributed by atoms with Crippen LogP contribution in [0.1, 0.15) is 19.8 Å². The summed E-state index contributed by atoms with van der Waals surface area (Å²) < 4.78 is 20.8. The molecule has 0 fully saturated rings. The fourth-order valence-electron chi connectivity index (χ4n) is 1.33. The van der Waals surface area contributed by atoms with Gasteiger partial charge in [0.15, 0.2) is 0 Å². The molecular formula is C11H22O5Si. The van der Waals surface area contributed by atoms with Gasteiger partial charge in [0, 0.05) is 27.4 Å². The molecule has 0 rings (SSSR count). The van der Waals surface area contributed by atoms with E-state index in [1.54, 1.807) is 28.3 Å². The quantitative estimate of drug-likeness (QED) is 0.274. The summed E-state index contributed by atoms with van der Waals surface area (Å²) in [5.74, 6) is -0.253. The summed E-state index contributed by atoms with van der Waals surface area (Å²) in [5.41, 5.74) is 0.796. The predicted molar refractivity (Wildman–Crippen MR) is 66.6 cm³/mol. The molecule has 0 radical (unpaired) electrons. The van der Waals surface area contributed by atoms with Crippen molar-refractivity contribution < 1.29 is 22.8 Å². The van der Waals surface area contributed by atoms with Crippen LogP contribution in [0.15, 0.2) is 12.2 Å². The maximum atomic E-state index is 11.2. The summed E-state index contributed by atoms with van der Waals surface area (Å²) in [7, 11) is 2.16. The minimum absolute atomic E-state index is 0.253. The molecule has 0 bridgehead atoms. The summed E-state index contributed by atoms with van der Waals surface area (Å²) in [5, 5.41) is 0. The molecule has 6 heteroatoms. The van der Waals surface area contributed by atoms with Gasteiger partial charge in [-0.2, -0.15) is 0 Å². The average Bonchev–Trinajstić information content (AvgIpc) is 2.29. The largest absolute Gasteiger partial charge is 0.500 e. The van der Waals surface area contributed by atoms with E-state index in [2.05, 4.69) is 6.58 Å². The minimum Gasteiger partial charge on any atom is -0.465 e. The number of hydrogen-bond acceptors (Lipinski definition) is 5. The van der Waals surface area contributed by atoms with Crippen molar-refractivity contribution >= 4 is 14.8 Å². The van der Waals surface area contributed by atoms with Gasteiger partial charge in [0.1, 0.15) is 0 Å². The molecule has 0 spiro atoms. The molecule has 0 aromatic heterocycles. The molecule has 100 valence electrons. The van der Waals surface area contributed by atoms with Gasteiger partial charge in [-0.15, -0.1) is 0 Å². The van der Waals surface area contributed by atoms with E-state index in [4.69, 9.17) is 18.0 Å². The van der Waals surface area contributed by atoms with Crippen molar-refractivity contribution in [1.29, 1.82) is 0 Å². The Kier molecular flexibility index (Phi) is 8.06. The van der Waals surface area contributed by atoms with Crippen LogP contribution in [0.4, 0.5) is 0 Å². The molecule has 0 N–H and O–H groups in total. The maximum absolute atomic E-state index is 11.2. The van der Waals surface area contributed by atoms with Crippen LogP contribution in [0.5, 0.6) is 0 Å². The van der Waals surface area contributed by atoms with Crippen molar-refractivity contribution in [3.8, 4) is 0 Å². The summed E-state index contributed by atoms with van der Waals surface area (Å²) in [6.45, 7) is 5.78. The van der Waals surface area contributed by atoms with Gasteiger partial charge < -0.3 is 18.0 Å². The Morgan fingerprint density at radius 3 is 2.12 bits per heavy atom. The molecule has 0 aliphatic carbocycles. The Morgan fingerprint density at radius 1 is 1.18 bits per heavy atom. The lowest BCUT2D eigenvalue weighted by Gasteiger charge is -2.24. The molecule has 0 aromatic carbocycles. The molecule has 0 amide bonds. The molecule has 0 atom stereocenters. The molecular weight excluding hydrogens is 240 g/mol. The van der Waals surface area contributed by atoms with E-state index in [0.717, 1.165) is 5.57 Å². The lowest BCUT2D eigenvalue weighted by molar-refractivity contribution is -0.142. The standard InChI is InChI=1S/C11H22O5Si/c1-10(2)9-11(12)16-7-6-8-17(13-3,14-4)15-5/h1,6-9H2,2-5H3. The third-order valence-corrected chi connectivity index (χ3v) is 5.10. The monoisotopic (exact) mass is 262 g/mol. The zero-order valence-corrected chi connectivity index (χ0v) is 12.1. The first kappa shape index (κ1) is 16.3. The Balaban J connectivity index is 3.83. The Bertz CT molecular complexity index is 242. The highest BCUT2D eigenvalue weighted by Gasteiger charge is 2.36. The van der Waals surface area contributed by atoms with Crippen molar-refractivity contribution in [3.05, 3.63) is 12.2 Å². The van der Waals surface area contributed by atoms with Gasteiger partial charge in [-0.05, 0) is 13.3 Å². The van der Waals surface area contributed by atoms with E-state index in [0.29, 0.717) is 19.1 Å². The van der Waals surface area contributed by atoms with Gasteiger partial charge in [-0.1, -0.05) is 12.2 Å². The average molecular weight is 262 g/mol. The first-order chi connectivity index (χ1) is 7.99. The number of esters is 1. The second kappa shape index (κ2) is 8.41. The molecule has 5 nitrogen and oxygen atoms in total. The fraction of sp³-hybridized carbons (Fsp3) is 0.727. The molecule has 0 aliphatic heterocycles. The van der Waals surface area contributed by atoms with Crippen LogP contribution in [-0.2, 0) is 22.8 Å². The summed E-state index contributed by atoms with van der Waals surface area (Å²) in [4.78, 5) is 11.2. The van der Waals surface area contributed by atoms with Gasteiger partial charge in [-0.25, -0.2) is 0 Å². The maximum Gasteiger partial charge on any atom is 0.500 e. The molecule has 0 heterocycles. The van der Waals surface area contributed by atoms with Crippen molar-refractivity contribution in [2.45, 2.75) is 25.8 Å². The van der Waals surface area contributed by atoms with Crippen molar-refractivity contribution in [2.24, 2.45) is 0 Å². The third kappa shape index (κ3) is 6.57. The highest BCUT2D eigenvalue weighted by Crippen LogP contribution is 2.14. The Morgan fingerprint density at radius 2 is 1.71 bits per heavy atom. The summed E-state index contributed by atoms with van der Waals surface area (Å²) >= 11 is 0. The zero-order chi connectivity index (χ0) is 13.3. The van der Waals surface area contributed by atoms with Gasteiger partial charge >= 0.3 is 14.8 Å².